The van der Waals surface area contributed by atoms with E-state index in [0.29, 0.717) is 0 Å². The molecule has 0 saturated carbocycles. The Kier molecular flexibility index (Phi) is 3.20. The lowest BCUT2D eigenvalue weighted by molar-refractivity contribution is -0.162. The van der Waals surface area contributed by atoms with Gasteiger partial charge < -0.3 is 0 Å². The lowest BCUT2D eigenvalue weighted by Crippen LogP contribution is -2.38. The Morgan fingerprint density at radius 1 is 0.714 bits per heavy atom. The van der Waals surface area contributed by atoms with Gasteiger partial charge in [-0.15, -0.1) is 0 Å². The standard InChI is InChI=1S/C18H13F3/c19-18(20,21)17(11-5-1-2-6-12-17)16-10-9-14-7-3-4-8-15(14)13-16/h1-13H. The summed E-state index contributed by atoms with van der Waals surface area (Å²) in [5.74, 6) is 0. The highest BCUT2D eigenvalue weighted by Gasteiger charge is 2.52. The normalized spacial score (nSPS) is 17.1. The monoisotopic (exact) mass is 286 g/mol. The first-order valence-electron chi connectivity index (χ1n) is 6.63. The molecule has 0 spiro atoms. The van der Waals surface area contributed by atoms with Gasteiger partial charge in [0.2, 0.25) is 0 Å². The van der Waals surface area contributed by atoms with Gasteiger partial charge in [0.25, 0.3) is 0 Å². The molecule has 0 amide bonds. The highest BCUT2D eigenvalue weighted by atomic mass is 19.4. The van der Waals surface area contributed by atoms with Crippen LogP contribution in [0.25, 0.3) is 10.8 Å². The predicted octanol–water partition coefficient (Wildman–Crippen LogP) is 5.32. The van der Waals surface area contributed by atoms with Gasteiger partial charge in [0, 0.05) is 0 Å². The van der Waals surface area contributed by atoms with E-state index >= 15 is 0 Å². The smallest absolute Gasteiger partial charge is 0.169 e. The molecule has 0 N–H and O–H groups in total. The quantitative estimate of drug-likeness (QED) is 0.665. The summed E-state index contributed by atoms with van der Waals surface area (Å²) in [5.41, 5.74) is -1.86. The van der Waals surface area contributed by atoms with Crippen LogP contribution in [0.2, 0.25) is 0 Å². The fourth-order valence-electron chi connectivity index (χ4n) is 2.59. The molecule has 0 nitrogen and oxygen atoms in total. The van der Waals surface area contributed by atoms with Crippen molar-refractivity contribution < 1.29 is 13.2 Å². The Balaban J connectivity index is 2.24. The molecule has 3 heteroatoms. The third kappa shape index (κ3) is 2.29. The van der Waals surface area contributed by atoms with Crippen molar-refractivity contribution in [2.24, 2.45) is 0 Å². The average Bonchev–Trinajstić information content (AvgIpc) is 2.73. The number of fused-ring (bicyclic) bond motifs is 1. The fourth-order valence-corrected chi connectivity index (χ4v) is 2.59. The summed E-state index contributed by atoms with van der Waals surface area (Å²) in [6, 6.07) is 12.3. The maximum atomic E-state index is 13.7. The van der Waals surface area contributed by atoms with Gasteiger partial charge in [-0.05, 0) is 22.4 Å². The van der Waals surface area contributed by atoms with Crippen LogP contribution in [0.4, 0.5) is 13.2 Å². The first kappa shape index (κ1) is 13.7. The molecule has 0 heterocycles. The Labute approximate surface area is 120 Å². The van der Waals surface area contributed by atoms with Crippen molar-refractivity contribution in [3.05, 3.63) is 84.5 Å². The zero-order valence-electron chi connectivity index (χ0n) is 11.1. The minimum atomic E-state index is -4.39. The molecule has 2 aromatic rings. The topological polar surface area (TPSA) is 0 Å². The molecule has 0 aliphatic heterocycles. The molecule has 1 aliphatic carbocycles. The van der Waals surface area contributed by atoms with Crippen molar-refractivity contribution in [1.29, 1.82) is 0 Å². The van der Waals surface area contributed by atoms with Crippen molar-refractivity contribution in [3.63, 3.8) is 0 Å². The van der Waals surface area contributed by atoms with Crippen LogP contribution in [0, 0.1) is 0 Å². The summed E-state index contributed by atoms with van der Waals surface area (Å²) in [7, 11) is 0. The number of alkyl halides is 3. The van der Waals surface area contributed by atoms with E-state index in [4.69, 9.17) is 0 Å². The van der Waals surface area contributed by atoms with Crippen molar-refractivity contribution >= 4 is 10.8 Å². The molecule has 0 atom stereocenters. The van der Waals surface area contributed by atoms with Gasteiger partial charge in [0.1, 0.15) is 5.41 Å². The largest absolute Gasteiger partial charge is 0.405 e. The Hall–Kier alpha value is -2.29. The molecule has 0 unspecified atom stereocenters. The number of allylic oxidation sites excluding steroid dienone is 6. The lowest BCUT2D eigenvalue weighted by Gasteiger charge is -2.30. The van der Waals surface area contributed by atoms with E-state index < -0.39 is 11.6 Å². The minimum absolute atomic E-state index is 0.227. The van der Waals surface area contributed by atoms with E-state index in [-0.39, 0.29) is 5.56 Å². The third-order valence-corrected chi connectivity index (χ3v) is 3.75. The average molecular weight is 286 g/mol. The van der Waals surface area contributed by atoms with Crippen LogP contribution in [0.5, 0.6) is 0 Å². The maximum absolute atomic E-state index is 13.7. The second-order valence-corrected chi connectivity index (χ2v) is 5.03. The van der Waals surface area contributed by atoms with Crippen molar-refractivity contribution in [3.8, 4) is 0 Å². The van der Waals surface area contributed by atoms with Crippen molar-refractivity contribution in [1.82, 2.24) is 0 Å². The first-order valence-corrected chi connectivity index (χ1v) is 6.63. The number of halogens is 3. The highest BCUT2D eigenvalue weighted by Crippen LogP contribution is 2.45. The SMILES string of the molecule is FC(F)(F)C1(c2ccc3ccccc3c2)C=CC=CC=C1. The van der Waals surface area contributed by atoms with Gasteiger partial charge in [-0.3, -0.25) is 0 Å². The molecule has 2 aromatic carbocycles. The van der Waals surface area contributed by atoms with E-state index in [9.17, 15) is 13.2 Å². The van der Waals surface area contributed by atoms with Gasteiger partial charge in [0.05, 0.1) is 0 Å². The zero-order valence-corrected chi connectivity index (χ0v) is 11.1. The van der Waals surface area contributed by atoms with Gasteiger partial charge in [-0.2, -0.15) is 13.2 Å². The Morgan fingerprint density at radius 3 is 1.95 bits per heavy atom. The molecule has 0 aromatic heterocycles. The summed E-state index contributed by atoms with van der Waals surface area (Å²) in [6.07, 6.45) is 4.12. The molecule has 106 valence electrons. The molecule has 0 radical (unpaired) electrons. The zero-order chi connectivity index (χ0) is 14.9. The molecule has 3 rings (SSSR count). The second-order valence-electron chi connectivity index (χ2n) is 5.03. The van der Waals surface area contributed by atoms with Crippen molar-refractivity contribution in [2.45, 2.75) is 11.6 Å². The van der Waals surface area contributed by atoms with E-state index in [1.165, 1.54) is 24.3 Å². The number of hydrogen-bond donors (Lipinski definition) is 0. The van der Waals surface area contributed by atoms with Crippen LogP contribution in [0.1, 0.15) is 5.56 Å². The number of hydrogen-bond acceptors (Lipinski definition) is 0. The third-order valence-electron chi connectivity index (χ3n) is 3.75. The van der Waals surface area contributed by atoms with E-state index in [1.54, 1.807) is 30.4 Å². The van der Waals surface area contributed by atoms with Crippen LogP contribution in [0.15, 0.2) is 78.9 Å². The van der Waals surface area contributed by atoms with E-state index in [2.05, 4.69) is 0 Å². The van der Waals surface area contributed by atoms with Crippen LogP contribution >= 0.6 is 0 Å². The van der Waals surface area contributed by atoms with E-state index in [0.717, 1.165) is 10.8 Å². The number of rotatable bonds is 1. The molecular weight excluding hydrogens is 273 g/mol. The van der Waals surface area contributed by atoms with Crippen LogP contribution in [0.3, 0.4) is 0 Å². The van der Waals surface area contributed by atoms with Gasteiger partial charge in [-0.1, -0.05) is 72.9 Å². The lowest BCUT2D eigenvalue weighted by atomic mass is 9.78. The summed E-state index contributed by atoms with van der Waals surface area (Å²) in [4.78, 5) is 0. The fraction of sp³-hybridized carbons (Fsp3) is 0.111. The molecule has 0 bridgehead atoms. The summed E-state index contributed by atoms with van der Waals surface area (Å²) < 4.78 is 41.2. The maximum Gasteiger partial charge on any atom is 0.405 e. The van der Waals surface area contributed by atoms with Gasteiger partial charge >= 0.3 is 6.18 Å². The van der Waals surface area contributed by atoms with Crippen LogP contribution in [-0.4, -0.2) is 6.18 Å². The summed E-state index contributed by atoms with van der Waals surface area (Å²) in [6.45, 7) is 0. The summed E-state index contributed by atoms with van der Waals surface area (Å²) >= 11 is 0. The molecule has 1 aliphatic rings. The van der Waals surface area contributed by atoms with Gasteiger partial charge in [-0.25, -0.2) is 0 Å². The predicted molar refractivity (Wildman–Crippen MR) is 79.1 cm³/mol. The highest BCUT2D eigenvalue weighted by molar-refractivity contribution is 5.83. The molecule has 0 fully saturated rings. The van der Waals surface area contributed by atoms with Crippen LogP contribution < -0.4 is 0 Å². The Morgan fingerprint density at radius 2 is 1.33 bits per heavy atom. The Bertz CT molecular complexity index is 732. The van der Waals surface area contributed by atoms with Crippen molar-refractivity contribution in [2.75, 3.05) is 0 Å². The molecule has 21 heavy (non-hydrogen) atoms. The molecule has 0 saturated heterocycles. The van der Waals surface area contributed by atoms with E-state index in [1.807, 2.05) is 24.3 Å². The van der Waals surface area contributed by atoms with Gasteiger partial charge in [0.15, 0.2) is 0 Å². The number of benzene rings is 2. The summed E-state index contributed by atoms with van der Waals surface area (Å²) in [5, 5.41) is 1.73. The van der Waals surface area contributed by atoms with Crippen LogP contribution in [-0.2, 0) is 5.41 Å². The molecular formula is C18H13F3. The first-order chi connectivity index (χ1) is 10.0. The second kappa shape index (κ2) is 4.92. The minimum Gasteiger partial charge on any atom is -0.169 e.